The van der Waals surface area contributed by atoms with E-state index < -0.39 is 0 Å². The van der Waals surface area contributed by atoms with Crippen molar-refractivity contribution in [2.75, 3.05) is 5.43 Å². The van der Waals surface area contributed by atoms with Crippen molar-refractivity contribution in [3.8, 4) is 11.6 Å². The monoisotopic (exact) mass is 264 g/mol. The summed E-state index contributed by atoms with van der Waals surface area (Å²) >= 11 is 5.96. The number of hydrazine groups is 1. The van der Waals surface area contributed by atoms with E-state index in [-0.39, 0.29) is 11.8 Å². The minimum atomic E-state index is 0.248. The molecule has 0 fully saturated rings. The Balaban J connectivity index is 2.30. The van der Waals surface area contributed by atoms with Crippen LogP contribution in [0.25, 0.3) is 0 Å². The number of hydrogen-bond donors (Lipinski definition) is 2. The lowest BCUT2D eigenvalue weighted by atomic mass is 10.1. The van der Waals surface area contributed by atoms with Crippen molar-refractivity contribution in [1.29, 1.82) is 0 Å². The number of aryl methyl sites for hydroxylation is 2. The quantitative estimate of drug-likeness (QED) is 0.659. The molecule has 1 aromatic carbocycles. The van der Waals surface area contributed by atoms with Gasteiger partial charge in [-0.05, 0) is 37.1 Å². The van der Waals surface area contributed by atoms with E-state index in [1.165, 1.54) is 11.8 Å². The first kappa shape index (κ1) is 12.6. The van der Waals surface area contributed by atoms with E-state index in [1.54, 1.807) is 0 Å². The minimum absolute atomic E-state index is 0.248. The van der Waals surface area contributed by atoms with Gasteiger partial charge in [0.25, 0.3) is 0 Å². The van der Waals surface area contributed by atoms with Crippen LogP contribution < -0.4 is 16.0 Å². The van der Waals surface area contributed by atoms with E-state index in [0.717, 1.165) is 5.56 Å². The summed E-state index contributed by atoms with van der Waals surface area (Å²) in [5, 5.41) is 0.326. The van der Waals surface area contributed by atoms with Crippen LogP contribution in [0.15, 0.2) is 24.4 Å². The van der Waals surface area contributed by atoms with Gasteiger partial charge in [0, 0.05) is 0 Å². The predicted molar refractivity (Wildman–Crippen MR) is 70.8 cm³/mol. The van der Waals surface area contributed by atoms with Crippen molar-refractivity contribution in [1.82, 2.24) is 9.97 Å². The van der Waals surface area contributed by atoms with Crippen LogP contribution in [0.3, 0.4) is 0 Å². The van der Waals surface area contributed by atoms with E-state index in [9.17, 15) is 0 Å². The Kier molecular flexibility index (Phi) is 3.64. The van der Waals surface area contributed by atoms with Crippen molar-refractivity contribution in [3.63, 3.8) is 0 Å². The molecule has 0 aliphatic carbocycles. The molecule has 5 nitrogen and oxygen atoms in total. The Morgan fingerprint density at radius 1 is 1.28 bits per heavy atom. The number of aromatic nitrogens is 2. The van der Waals surface area contributed by atoms with Crippen LogP contribution in [0.2, 0.25) is 5.02 Å². The molecule has 0 amide bonds. The first-order chi connectivity index (χ1) is 8.60. The largest absolute Gasteiger partial charge is 0.437 e. The minimum Gasteiger partial charge on any atom is -0.437 e. The Hall–Kier alpha value is -1.85. The van der Waals surface area contributed by atoms with Gasteiger partial charge < -0.3 is 4.74 Å². The summed E-state index contributed by atoms with van der Waals surface area (Å²) in [5.41, 5.74) is 4.67. The van der Waals surface area contributed by atoms with Crippen LogP contribution in [-0.2, 0) is 0 Å². The summed E-state index contributed by atoms with van der Waals surface area (Å²) in [6.45, 7) is 4.05. The lowest BCUT2D eigenvalue weighted by Crippen LogP contribution is -2.10. The van der Waals surface area contributed by atoms with Gasteiger partial charge in [0.2, 0.25) is 11.8 Å². The molecule has 0 saturated carbocycles. The van der Waals surface area contributed by atoms with Crippen molar-refractivity contribution in [2.45, 2.75) is 13.8 Å². The zero-order chi connectivity index (χ0) is 13.1. The molecule has 2 rings (SSSR count). The summed E-state index contributed by atoms with van der Waals surface area (Å²) in [5.74, 6) is 6.42. The Labute approximate surface area is 110 Å². The second-order valence-corrected chi connectivity index (χ2v) is 4.25. The number of nitrogen functional groups attached to an aromatic ring is 1. The Morgan fingerprint density at radius 3 is 2.72 bits per heavy atom. The van der Waals surface area contributed by atoms with Crippen molar-refractivity contribution in [3.05, 3.63) is 40.5 Å². The van der Waals surface area contributed by atoms with Gasteiger partial charge in [-0.2, -0.15) is 4.98 Å². The zero-order valence-electron chi connectivity index (χ0n) is 10.1. The fraction of sp³-hybridized carbons (Fsp3) is 0.167. The number of anilines is 1. The lowest BCUT2D eigenvalue weighted by molar-refractivity contribution is 0.462. The third-order valence-corrected chi connectivity index (χ3v) is 2.79. The van der Waals surface area contributed by atoms with Gasteiger partial charge in [-0.3, -0.25) is 5.43 Å². The number of nitrogens with one attached hydrogen (secondary N) is 1. The number of nitrogens with zero attached hydrogens (tertiary/aromatic N) is 2. The zero-order valence-corrected chi connectivity index (χ0v) is 10.8. The maximum atomic E-state index is 5.96. The van der Waals surface area contributed by atoms with Crippen LogP contribution in [0.1, 0.15) is 11.1 Å². The summed E-state index contributed by atoms with van der Waals surface area (Å²) in [6.07, 6.45) is 1.43. The number of hydrogen-bond acceptors (Lipinski definition) is 5. The third-order valence-electron chi connectivity index (χ3n) is 2.53. The molecule has 0 atom stereocenters. The van der Waals surface area contributed by atoms with Crippen molar-refractivity contribution >= 4 is 17.5 Å². The maximum absolute atomic E-state index is 5.96. The molecule has 0 bridgehead atoms. The number of ether oxygens (including phenoxy) is 1. The molecule has 0 aliphatic heterocycles. The summed E-state index contributed by atoms with van der Waals surface area (Å²) in [7, 11) is 0. The number of nitrogens with two attached hydrogens (primary N) is 1. The van der Waals surface area contributed by atoms with Gasteiger partial charge in [-0.25, -0.2) is 10.8 Å². The molecule has 94 valence electrons. The number of halogens is 1. The SMILES string of the molecule is Cc1ccc(Oc2nc(NN)ncc2Cl)cc1C. The van der Waals surface area contributed by atoms with E-state index in [1.807, 2.05) is 32.0 Å². The lowest BCUT2D eigenvalue weighted by Gasteiger charge is -2.09. The van der Waals surface area contributed by atoms with Gasteiger partial charge in [0.15, 0.2) is 0 Å². The van der Waals surface area contributed by atoms with E-state index >= 15 is 0 Å². The predicted octanol–water partition coefficient (Wildman–Crippen LogP) is 2.82. The molecule has 0 spiro atoms. The molecule has 0 radical (unpaired) electrons. The molecular weight excluding hydrogens is 252 g/mol. The summed E-state index contributed by atoms with van der Waals surface area (Å²) < 4.78 is 5.61. The van der Waals surface area contributed by atoms with Crippen LogP contribution in [0, 0.1) is 13.8 Å². The first-order valence-electron chi connectivity index (χ1n) is 5.34. The van der Waals surface area contributed by atoms with Crippen molar-refractivity contribution < 1.29 is 4.74 Å². The standard InChI is InChI=1S/C12H13ClN4O/c1-7-3-4-9(5-8(7)2)18-11-10(13)6-15-12(16-11)17-14/h3-6H,14H2,1-2H3,(H,15,16,17). The third kappa shape index (κ3) is 2.69. The molecule has 3 N–H and O–H groups in total. The van der Waals surface area contributed by atoms with Crippen LogP contribution in [-0.4, -0.2) is 9.97 Å². The van der Waals surface area contributed by atoms with Crippen molar-refractivity contribution in [2.24, 2.45) is 5.84 Å². The molecule has 1 heterocycles. The Bertz CT molecular complexity index is 574. The highest BCUT2D eigenvalue weighted by molar-refractivity contribution is 6.31. The average Bonchev–Trinajstić information content (AvgIpc) is 2.36. The van der Waals surface area contributed by atoms with Gasteiger partial charge in [0.05, 0.1) is 6.20 Å². The fourth-order valence-corrected chi connectivity index (χ4v) is 1.51. The van der Waals surface area contributed by atoms with Crippen LogP contribution >= 0.6 is 11.6 Å². The summed E-state index contributed by atoms with van der Waals surface area (Å²) in [4.78, 5) is 7.91. The van der Waals surface area contributed by atoms with E-state index in [2.05, 4.69) is 15.4 Å². The molecule has 0 saturated heterocycles. The maximum Gasteiger partial charge on any atom is 0.243 e. The van der Waals surface area contributed by atoms with E-state index in [0.29, 0.717) is 10.8 Å². The highest BCUT2D eigenvalue weighted by Crippen LogP contribution is 2.28. The molecular formula is C12H13ClN4O. The second kappa shape index (κ2) is 5.20. The van der Waals surface area contributed by atoms with E-state index in [4.69, 9.17) is 22.2 Å². The topological polar surface area (TPSA) is 73.1 Å². The Morgan fingerprint density at radius 2 is 2.06 bits per heavy atom. The second-order valence-electron chi connectivity index (χ2n) is 3.84. The van der Waals surface area contributed by atoms with Crippen LogP contribution in [0.4, 0.5) is 5.95 Å². The van der Waals surface area contributed by atoms with Gasteiger partial charge >= 0.3 is 0 Å². The fourth-order valence-electron chi connectivity index (χ4n) is 1.38. The highest BCUT2D eigenvalue weighted by Gasteiger charge is 2.08. The number of rotatable bonds is 3. The molecule has 18 heavy (non-hydrogen) atoms. The highest BCUT2D eigenvalue weighted by atomic mass is 35.5. The van der Waals surface area contributed by atoms with Gasteiger partial charge in [0.1, 0.15) is 10.8 Å². The summed E-state index contributed by atoms with van der Waals surface area (Å²) in [6, 6.07) is 5.75. The number of benzene rings is 1. The molecule has 0 aliphatic rings. The van der Waals surface area contributed by atoms with Crippen LogP contribution in [0.5, 0.6) is 11.6 Å². The molecule has 6 heteroatoms. The molecule has 0 unspecified atom stereocenters. The van der Waals surface area contributed by atoms with Gasteiger partial charge in [-0.1, -0.05) is 17.7 Å². The first-order valence-corrected chi connectivity index (χ1v) is 5.72. The smallest absolute Gasteiger partial charge is 0.243 e. The van der Waals surface area contributed by atoms with Gasteiger partial charge in [-0.15, -0.1) is 0 Å². The molecule has 2 aromatic rings. The molecule has 1 aromatic heterocycles. The average molecular weight is 265 g/mol. The normalized spacial score (nSPS) is 10.2.